The highest BCUT2D eigenvalue weighted by Crippen LogP contribution is 2.27. The topological polar surface area (TPSA) is 26.0 Å². The maximum absolute atomic E-state index is 13.2. The second kappa shape index (κ2) is 4.75. The molecule has 2 unspecified atom stereocenters. The number of rotatable bonds is 3. The first-order valence-electron chi connectivity index (χ1n) is 4.38. The molecule has 14 heavy (non-hydrogen) atoms. The lowest BCUT2D eigenvalue weighted by atomic mass is 10.3. The molecule has 0 aromatic heterocycles. The van der Waals surface area contributed by atoms with Crippen LogP contribution in [0.5, 0.6) is 0 Å². The maximum Gasteiger partial charge on any atom is 0.136 e. The second-order valence-corrected chi connectivity index (χ2v) is 4.68. The molecule has 0 saturated heterocycles. The predicted molar refractivity (Wildman–Crippen MR) is 55.3 cm³/mol. The summed E-state index contributed by atoms with van der Waals surface area (Å²) < 4.78 is 26.0. The third-order valence-corrected chi connectivity index (χ3v) is 3.31. The first-order chi connectivity index (χ1) is 6.50. The third kappa shape index (κ3) is 2.96. The minimum absolute atomic E-state index is 0.0531. The van der Waals surface area contributed by atoms with Crippen LogP contribution < -0.4 is 5.73 Å². The van der Waals surface area contributed by atoms with E-state index in [1.807, 2.05) is 13.8 Å². The number of halogens is 2. The summed E-state index contributed by atoms with van der Waals surface area (Å²) in [5, 5.41) is 0.0614. The van der Waals surface area contributed by atoms with Crippen molar-refractivity contribution in [3.63, 3.8) is 0 Å². The largest absolute Gasteiger partial charge is 0.327 e. The molecule has 0 aliphatic carbocycles. The van der Waals surface area contributed by atoms with E-state index in [0.717, 1.165) is 12.1 Å². The number of nitrogens with two attached hydrogens (primary N) is 1. The van der Waals surface area contributed by atoms with Gasteiger partial charge in [0.05, 0.1) is 0 Å². The van der Waals surface area contributed by atoms with Gasteiger partial charge in [0.2, 0.25) is 0 Å². The van der Waals surface area contributed by atoms with Crippen molar-refractivity contribution in [1.29, 1.82) is 0 Å². The fourth-order valence-corrected chi connectivity index (χ4v) is 1.85. The second-order valence-electron chi connectivity index (χ2n) is 3.26. The van der Waals surface area contributed by atoms with E-state index in [1.165, 1.54) is 17.8 Å². The van der Waals surface area contributed by atoms with E-state index < -0.39 is 11.6 Å². The Morgan fingerprint density at radius 2 is 1.93 bits per heavy atom. The van der Waals surface area contributed by atoms with Gasteiger partial charge >= 0.3 is 0 Å². The molecule has 0 radical (unpaired) electrons. The number of thioether (sulfide) groups is 1. The Labute approximate surface area is 86.7 Å². The van der Waals surface area contributed by atoms with Crippen LogP contribution in [0.15, 0.2) is 23.1 Å². The van der Waals surface area contributed by atoms with Crippen LogP contribution in [0, 0.1) is 11.6 Å². The van der Waals surface area contributed by atoms with Gasteiger partial charge in [-0.2, -0.15) is 0 Å². The molecule has 0 heterocycles. The van der Waals surface area contributed by atoms with E-state index in [4.69, 9.17) is 5.73 Å². The van der Waals surface area contributed by atoms with Gasteiger partial charge < -0.3 is 5.73 Å². The van der Waals surface area contributed by atoms with E-state index in [1.54, 1.807) is 0 Å². The number of hydrogen-bond acceptors (Lipinski definition) is 2. The molecule has 0 aliphatic rings. The van der Waals surface area contributed by atoms with Gasteiger partial charge in [-0.15, -0.1) is 11.8 Å². The summed E-state index contributed by atoms with van der Waals surface area (Å²) >= 11 is 1.25. The Kier molecular flexibility index (Phi) is 3.89. The quantitative estimate of drug-likeness (QED) is 0.788. The first kappa shape index (κ1) is 11.5. The molecule has 0 fully saturated rings. The Morgan fingerprint density at radius 1 is 1.29 bits per heavy atom. The summed E-state index contributed by atoms with van der Waals surface area (Å²) in [5.74, 6) is -0.824. The van der Waals surface area contributed by atoms with Gasteiger partial charge in [-0.05, 0) is 25.1 Å². The lowest BCUT2D eigenvalue weighted by Crippen LogP contribution is -2.26. The zero-order valence-electron chi connectivity index (χ0n) is 8.13. The van der Waals surface area contributed by atoms with E-state index in [2.05, 4.69) is 0 Å². The normalized spacial score (nSPS) is 15.2. The molecule has 0 amide bonds. The third-order valence-electron chi connectivity index (χ3n) is 1.95. The van der Waals surface area contributed by atoms with Gasteiger partial charge in [0.1, 0.15) is 11.6 Å². The average molecular weight is 217 g/mol. The molecule has 0 bridgehead atoms. The lowest BCUT2D eigenvalue weighted by Gasteiger charge is -2.15. The highest BCUT2D eigenvalue weighted by atomic mass is 32.2. The summed E-state index contributed by atoms with van der Waals surface area (Å²) in [5.41, 5.74) is 5.63. The summed E-state index contributed by atoms with van der Waals surface area (Å²) in [6, 6.07) is 3.38. The molecule has 0 spiro atoms. The highest BCUT2D eigenvalue weighted by Gasteiger charge is 2.12. The van der Waals surface area contributed by atoms with Crippen molar-refractivity contribution in [3.8, 4) is 0 Å². The van der Waals surface area contributed by atoms with Crippen LogP contribution in [0.25, 0.3) is 0 Å². The maximum atomic E-state index is 13.2. The van der Waals surface area contributed by atoms with Crippen LogP contribution in [0.4, 0.5) is 8.78 Å². The van der Waals surface area contributed by atoms with E-state index in [0.29, 0.717) is 4.90 Å². The Hall–Kier alpha value is -0.610. The van der Waals surface area contributed by atoms with E-state index >= 15 is 0 Å². The molecular formula is C10H13F2NS. The summed E-state index contributed by atoms with van der Waals surface area (Å²) in [6.07, 6.45) is 0. The first-order valence-corrected chi connectivity index (χ1v) is 5.26. The van der Waals surface area contributed by atoms with Crippen LogP contribution in [0.1, 0.15) is 13.8 Å². The highest BCUT2D eigenvalue weighted by molar-refractivity contribution is 8.00. The monoisotopic (exact) mass is 217 g/mol. The van der Waals surface area contributed by atoms with Crippen molar-refractivity contribution in [2.75, 3.05) is 0 Å². The van der Waals surface area contributed by atoms with Crippen LogP contribution in [0.3, 0.4) is 0 Å². The van der Waals surface area contributed by atoms with Crippen molar-refractivity contribution >= 4 is 11.8 Å². The van der Waals surface area contributed by atoms with E-state index in [-0.39, 0.29) is 11.3 Å². The van der Waals surface area contributed by atoms with Gasteiger partial charge in [0.25, 0.3) is 0 Å². The summed E-state index contributed by atoms with van der Waals surface area (Å²) in [6.45, 7) is 3.73. The molecule has 2 N–H and O–H groups in total. The van der Waals surface area contributed by atoms with Gasteiger partial charge in [-0.3, -0.25) is 0 Å². The summed E-state index contributed by atoms with van der Waals surface area (Å²) in [7, 11) is 0. The van der Waals surface area contributed by atoms with Gasteiger partial charge in [-0.25, -0.2) is 8.78 Å². The molecule has 4 heteroatoms. The number of benzene rings is 1. The predicted octanol–water partition coefficient (Wildman–Crippen LogP) is 2.79. The fourth-order valence-electron chi connectivity index (χ4n) is 0.875. The molecule has 78 valence electrons. The lowest BCUT2D eigenvalue weighted by molar-refractivity contribution is 0.576. The molecule has 0 aliphatic heterocycles. The van der Waals surface area contributed by atoms with Gasteiger partial charge in [0.15, 0.2) is 0 Å². The molecule has 1 rings (SSSR count). The summed E-state index contributed by atoms with van der Waals surface area (Å²) in [4.78, 5) is 0.315. The molecule has 1 aromatic rings. The van der Waals surface area contributed by atoms with Crippen molar-refractivity contribution in [3.05, 3.63) is 29.8 Å². The van der Waals surface area contributed by atoms with Crippen LogP contribution in [-0.4, -0.2) is 11.3 Å². The minimum Gasteiger partial charge on any atom is -0.327 e. The average Bonchev–Trinajstić information content (AvgIpc) is 2.11. The zero-order valence-corrected chi connectivity index (χ0v) is 8.94. The molecule has 1 aromatic carbocycles. The molecule has 1 nitrogen and oxygen atoms in total. The SMILES string of the molecule is CC(N)C(C)Sc1cc(F)ccc1F. The zero-order chi connectivity index (χ0) is 10.7. The van der Waals surface area contributed by atoms with Gasteiger partial charge in [0, 0.05) is 16.2 Å². The van der Waals surface area contributed by atoms with Gasteiger partial charge in [-0.1, -0.05) is 6.92 Å². The minimum atomic E-state index is -0.425. The van der Waals surface area contributed by atoms with Crippen LogP contribution in [0.2, 0.25) is 0 Å². The van der Waals surface area contributed by atoms with Crippen molar-refractivity contribution < 1.29 is 8.78 Å². The van der Waals surface area contributed by atoms with E-state index in [9.17, 15) is 8.78 Å². The fraction of sp³-hybridized carbons (Fsp3) is 0.400. The molecular weight excluding hydrogens is 204 g/mol. The van der Waals surface area contributed by atoms with Crippen molar-refractivity contribution in [1.82, 2.24) is 0 Å². The standard InChI is InChI=1S/C10H13F2NS/c1-6(13)7(2)14-10-5-8(11)3-4-9(10)12/h3-7H,13H2,1-2H3. The van der Waals surface area contributed by atoms with Crippen LogP contribution >= 0.6 is 11.8 Å². The number of hydrogen-bond donors (Lipinski definition) is 1. The molecule has 0 saturated carbocycles. The Bertz CT molecular complexity index is 315. The van der Waals surface area contributed by atoms with Crippen molar-refractivity contribution in [2.24, 2.45) is 5.73 Å². The van der Waals surface area contributed by atoms with Crippen LogP contribution in [-0.2, 0) is 0 Å². The van der Waals surface area contributed by atoms with Crippen molar-refractivity contribution in [2.45, 2.75) is 30.0 Å². The smallest absolute Gasteiger partial charge is 0.136 e. The Balaban J connectivity index is 2.80. The Morgan fingerprint density at radius 3 is 2.50 bits per heavy atom. The molecule has 2 atom stereocenters.